The molecule has 0 saturated carbocycles. The zero-order valence-electron chi connectivity index (χ0n) is 12.4. The van der Waals surface area contributed by atoms with Gasteiger partial charge in [-0.15, -0.1) is 11.3 Å². The van der Waals surface area contributed by atoms with Gasteiger partial charge in [0.05, 0.1) is 12.0 Å². The summed E-state index contributed by atoms with van der Waals surface area (Å²) in [4.78, 5) is 16.4. The molecule has 0 aliphatic carbocycles. The van der Waals surface area contributed by atoms with E-state index in [0.717, 1.165) is 37.1 Å². The summed E-state index contributed by atoms with van der Waals surface area (Å²) in [5.74, 6) is 1.14. The number of rotatable bonds is 2. The normalized spacial score (nSPS) is 23.9. The second-order valence-electron chi connectivity index (χ2n) is 6.02. The van der Waals surface area contributed by atoms with Crippen LogP contribution in [0.4, 0.5) is 0 Å². The quantitative estimate of drug-likeness (QED) is 0.847. The molecule has 0 bridgehead atoms. The van der Waals surface area contributed by atoms with E-state index < -0.39 is 0 Å². The first-order chi connectivity index (χ1) is 10.8. The summed E-state index contributed by atoms with van der Waals surface area (Å²) in [5, 5.41) is 2.09. The van der Waals surface area contributed by atoms with Gasteiger partial charge in [-0.1, -0.05) is 24.3 Å². The molecule has 0 N–H and O–H groups in total. The third kappa shape index (κ3) is 2.41. The van der Waals surface area contributed by atoms with Crippen molar-refractivity contribution in [2.24, 2.45) is 5.92 Å². The molecule has 1 aromatic carbocycles. The molecule has 2 atom stereocenters. The number of fused-ring (bicyclic) bond motifs is 1. The predicted molar refractivity (Wildman–Crippen MR) is 87.1 cm³/mol. The maximum Gasteiger partial charge on any atom is 0.230 e. The minimum absolute atomic E-state index is 0.0459. The molecule has 4 rings (SSSR count). The van der Waals surface area contributed by atoms with Crippen LogP contribution in [0.3, 0.4) is 0 Å². The summed E-state index contributed by atoms with van der Waals surface area (Å²) < 4.78 is 5.80. The number of carbonyl (C=O) groups is 1. The van der Waals surface area contributed by atoms with Gasteiger partial charge in [-0.2, -0.15) is 0 Å². The maximum absolute atomic E-state index is 13.0. The second-order valence-corrected chi connectivity index (χ2v) is 7.00. The highest BCUT2D eigenvalue weighted by Crippen LogP contribution is 2.37. The van der Waals surface area contributed by atoms with Gasteiger partial charge in [0.25, 0.3) is 0 Å². The Morgan fingerprint density at radius 3 is 3.00 bits per heavy atom. The Morgan fingerprint density at radius 2 is 2.14 bits per heavy atom. The first-order valence-corrected chi connectivity index (χ1v) is 8.75. The van der Waals surface area contributed by atoms with E-state index in [2.05, 4.69) is 28.5 Å². The Labute approximate surface area is 134 Å². The fourth-order valence-electron chi connectivity index (χ4n) is 3.53. The van der Waals surface area contributed by atoms with Crippen LogP contribution >= 0.6 is 11.3 Å². The number of hydrogen-bond acceptors (Lipinski definition) is 3. The Bertz CT molecular complexity index is 667. The standard InChI is InChI=1S/C18H19NO2S/c20-18(14-11-13-5-1-2-7-16(13)21-12-14)19-9-3-6-15(19)17-8-4-10-22-17/h1-2,4-5,7-8,10,14-15H,3,6,9,11-12H2. The number of amides is 1. The number of thiophene rings is 1. The number of likely N-dealkylation sites (tertiary alicyclic amines) is 1. The molecule has 0 spiro atoms. The summed E-state index contributed by atoms with van der Waals surface area (Å²) in [7, 11) is 0. The smallest absolute Gasteiger partial charge is 0.230 e. The van der Waals surface area contributed by atoms with Gasteiger partial charge in [0.15, 0.2) is 0 Å². The lowest BCUT2D eigenvalue weighted by molar-refractivity contribution is -0.137. The zero-order chi connectivity index (χ0) is 14.9. The van der Waals surface area contributed by atoms with E-state index in [1.165, 1.54) is 4.88 Å². The molecular formula is C18H19NO2S. The topological polar surface area (TPSA) is 29.5 Å². The van der Waals surface area contributed by atoms with Crippen molar-refractivity contribution in [3.8, 4) is 5.75 Å². The van der Waals surface area contributed by atoms with Crippen molar-refractivity contribution in [1.82, 2.24) is 4.90 Å². The largest absolute Gasteiger partial charge is 0.492 e. The second kappa shape index (κ2) is 5.76. The number of nitrogens with zero attached hydrogens (tertiary/aromatic N) is 1. The van der Waals surface area contributed by atoms with Gasteiger partial charge in [-0.25, -0.2) is 0 Å². The highest BCUT2D eigenvalue weighted by molar-refractivity contribution is 7.10. The van der Waals surface area contributed by atoms with E-state index in [1.807, 2.05) is 18.2 Å². The van der Waals surface area contributed by atoms with Crippen LogP contribution in [-0.4, -0.2) is 24.0 Å². The SMILES string of the molecule is O=C(C1COc2ccccc2C1)N1CCCC1c1cccs1. The van der Waals surface area contributed by atoms with E-state index >= 15 is 0 Å². The monoisotopic (exact) mass is 313 g/mol. The predicted octanol–water partition coefficient (Wildman–Crippen LogP) is 3.66. The van der Waals surface area contributed by atoms with Crippen LogP contribution in [-0.2, 0) is 11.2 Å². The van der Waals surface area contributed by atoms with Crippen molar-refractivity contribution in [2.75, 3.05) is 13.2 Å². The molecule has 4 heteroatoms. The lowest BCUT2D eigenvalue weighted by atomic mass is 9.95. The van der Waals surface area contributed by atoms with Gasteiger partial charge in [0.1, 0.15) is 12.4 Å². The minimum atomic E-state index is -0.0459. The Hall–Kier alpha value is -1.81. The fraction of sp³-hybridized carbons (Fsp3) is 0.389. The van der Waals surface area contributed by atoms with Crippen LogP contribution in [0.25, 0.3) is 0 Å². The number of hydrogen-bond donors (Lipinski definition) is 0. The summed E-state index contributed by atoms with van der Waals surface area (Å²) in [5.41, 5.74) is 1.15. The van der Waals surface area contributed by atoms with E-state index in [1.54, 1.807) is 11.3 Å². The molecule has 2 aromatic rings. The van der Waals surface area contributed by atoms with Crippen molar-refractivity contribution in [1.29, 1.82) is 0 Å². The number of para-hydroxylation sites is 1. The van der Waals surface area contributed by atoms with Crippen LogP contribution < -0.4 is 4.74 Å². The highest BCUT2D eigenvalue weighted by Gasteiger charge is 2.36. The van der Waals surface area contributed by atoms with Gasteiger partial charge >= 0.3 is 0 Å². The van der Waals surface area contributed by atoms with E-state index in [9.17, 15) is 4.79 Å². The van der Waals surface area contributed by atoms with Gasteiger partial charge in [0.2, 0.25) is 5.91 Å². The van der Waals surface area contributed by atoms with Crippen molar-refractivity contribution >= 4 is 17.2 Å². The Balaban J connectivity index is 1.52. The third-order valence-electron chi connectivity index (χ3n) is 4.64. The summed E-state index contributed by atoms with van der Waals surface area (Å²) in [6, 6.07) is 12.5. The number of ether oxygens (including phenoxy) is 1. The van der Waals surface area contributed by atoms with Gasteiger partial charge in [-0.05, 0) is 42.3 Å². The molecule has 114 valence electrons. The molecule has 1 amide bonds. The fourth-order valence-corrected chi connectivity index (χ4v) is 4.40. The molecule has 2 unspecified atom stereocenters. The highest BCUT2D eigenvalue weighted by atomic mass is 32.1. The molecule has 0 radical (unpaired) electrons. The van der Waals surface area contributed by atoms with Crippen LogP contribution in [0, 0.1) is 5.92 Å². The zero-order valence-corrected chi connectivity index (χ0v) is 13.2. The van der Waals surface area contributed by atoms with Crippen LogP contribution in [0.5, 0.6) is 5.75 Å². The first-order valence-electron chi connectivity index (χ1n) is 7.87. The van der Waals surface area contributed by atoms with E-state index in [4.69, 9.17) is 4.74 Å². The third-order valence-corrected chi connectivity index (χ3v) is 5.61. The lowest BCUT2D eigenvalue weighted by Crippen LogP contribution is -2.40. The molecule has 1 fully saturated rings. The molecule has 2 aliphatic heterocycles. The summed E-state index contributed by atoms with van der Waals surface area (Å²) in [6.07, 6.45) is 2.97. The van der Waals surface area contributed by atoms with E-state index in [0.29, 0.717) is 6.61 Å². The summed E-state index contributed by atoms with van der Waals surface area (Å²) >= 11 is 1.75. The number of benzene rings is 1. The first kappa shape index (κ1) is 13.8. The van der Waals surface area contributed by atoms with Gasteiger partial charge < -0.3 is 9.64 Å². The van der Waals surface area contributed by atoms with Gasteiger partial charge in [-0.3, -0.25) is 4.79 Å². The van der Waals surface area contributed by atoms with Crippen molar-refractivity contribution in [3.63, 3.8) is 0 Å². The average molecular weight is 313 g/mol. The average Bonchev–Trinajstić information content (AvgIpc) is 3.24. The van der Waals surface area contributed by atoms with Crippen molar-refractivity contribution < 1.29 is 9.53 Å². The summed E-state index contributed by atoms with van der Waals surface area (Å²) in [6.45, 7) is 1.38. The Kier molecular flexibility index (Phi) is 3.62. The van der Waals surface area contributed by atoms with Gasteiger partial charge in [0, 0.05) is 11.4 Å². The van der Waals surface area contributed by atoms with Crippen LogP contribution in [0.15, 0.2) is 41.8 Å². The van der Waals surface area contributed by atoms with E-state index in [-0.39, 0.29) is 17.9 Å². The lowest BCUT2D eigenvalue weighted by Gasteiger charge is -2.31. The molecule has 22 heavy (non-hydrogen) atoms. The molecule has 3 heterocycles. The van der Waals surface area contributed by atoms with Crippen molar-refractivity contribution in [3.05, 3.63) is 52.2 Å². The minimum Gasteiger partial charge on any atom is -0.492 e. The maximum atomic E-state index is 13.0. The molecular weight excluding hydrogens is 294 g/mol. The molecule has 2 aliphatic rings. The molecule has 1 saturated heterocycles. The Morgan fingerprint density at radius 1 is 1.23 bits per heavy atom. The molecule has 3 nitrogen and oxygen atoms in total. The van der Waals surface area contributed by atoms with Crippen LogP contribution in [0.1, 0.15) is 29.3 Å². The molecule has 1 aromatic heterocycles. The van der Waals surface area contributed by atoms with Crippen LogP contribution in [0.2, 0.25) is 0 Å². The van der Waals surface area contributed by atoms with Crippen molar-refractivity contribution in [2.45, 2.75) is 25.3 Å². The number of carbonyl (C=O) groups excluding carboxylic acids is 1.